The van der Waals surface area contributed by atoms with Gasteiger partial charge in [0.25, 0.3) is 16.1 Å². The third-order valence-corrected chi connectivity index (χ3v) is 6.93. The Balaban J connectivity index is 1.74. The monoisotopic (exact) mass is 403 g/mol. The number of anilines is 1. The lowest BCUT2D eigenvalue weighted by Gasteiger charge is -2.33. The van der Waals surface area contributed by atoms with Gasteiger partial charge in [0.05, 0.1) is 13.2 Å². The first kappa shape index (κ1) is 20.5. The van der Waals surface area contributed by atoms with Crippen molar-refractivity contribution in [1.29, 1.82) is 0 Å². The lowest BCUT2D eigenvalue weighted by atomic mass is 10.1. The van der Waals surface area contributed by atoms with Gasteiger partial charge in [-0.05, 0) is 36.8 Å². The number of rotatable bonds is 6. The van der Waals surface area contributed by atoms with Crippen LogP contribution in [0.1, 0.15) is 28.9 Å². The van der Waals surface area contributed by atoms with Crippen LogP contribution < -0.4 is 5.32 Å². The third-order valence-electron chi connectivity index (χ3n) is 4.87. The Hall–Kier alpha value is -2.26. The van der Waals surface area contributed by atoms with Gasteiger partial charge in [-0.1, -0.05) is 30.3 Å². The third kappa shape index (κ3) is 4.59. The number of benzene rings is 2. The van der Waals surface area contributed by atoms with E-state index < -0.39 is 10.2 Å². The second kappa shape index (κ2) is 8.83. The average Bonchev–Trinajstić information content (AvgIpc) is 2.74. The summed E-state index contributed by atoms with van der Waals surface area (Å²) in [6, 6.07) is 15.8. The molecular formula is C20H25N3O4S. The van der Waals surface area contributed by atoms with Gasteiger partial charge in [-0.3, -0.25) is 4.79 Å². The smallest absolute Gasteiger partial charge is 0.282 e. The maximum atomic E-state index is 12.9. The summed E-state index contributed by atoms with van der Waals surface area (Å²) >= 11 is 0. The summed E-state index contributed by atoms with van der Waals surface area (Å²) in [6.45, 7) is 3.35. The molecule has 0 unspecified atom stereocenters. The number of carbonyl (C=O) groups excluding carboxylic acids is 1. The Bertz CT molecular complexity index is 912. The van der Waals surface area contributed by atoms with Crippen LogP contribution in [0.25, 0.3) is 0 Å². The molecule has 0 spiro atoms. The summed E-state index contributed by atoms with van der Waals surface area (Å²) in [6.07, 6.45) is 0. The summed E-state index contributed by atoms with van der Waals surface area (Å²) in [5.74, 6) is -0.209. The van der Waals surface area contributed by atoms with Gasteiger partial charge in [-0.2, -0.15) is 17.0 Å². The van der Waals surface area contributed by atoms with Crippen LogP contribution in [-0.2, 0) is 14.9 Å². The first-order valence-corrected chi connectivity index (χ1v) is 10.6. The zero-order valence-electron chi connectivity index (χ0n) is 16.0. The van der Waals surface area contributed by atoms with E-state index in [-0.39, 0.29) is 11.9 Å². The van der Waals surface area contributed by atoms with Gasteiger partial charge in [0, 0.05) is 37.4 Å². The van der Waals surface area contributed by atoms with Crippen LogP contribution in [0.15, 0.2) is 54.6 Å². The van der Waals surface area contributed by atoms with Gasteiger partial charge in [0.15, 0.2) is 0 Å². The molecule has 150 valence electrons. The molecule has 0 saturated carbocycles. The summed E-state index contributed by atoms with van der Waals surface area (Å²) in [5, 5.41) is 2.86. The highest BCUT2D eigenvalue weighted by Gasteiger charge is 2.32. The van der Waals surface area contributed by atoms with Crippen molar-refractivity contribution in [2.24, 2.45) is 0 Å². The molecule has 7 nitrogen and oxygen atoms in total. The molecule has 8 heteroatoms. The molecular weight excluding hydrogens is 378 g/mol. The van der Waals surface area contributed by atoms with Crippen LogP contribution in [0.5, 0.6) is 0 Å². The van der Waals surface area contributed by atoms with Crippen molar-refractivity contribution < 1.29 is 17.9 Å². The van der Waals surface area contributed by atoms with Crippen LogP contribution in [0.4, 0.5) is 5.69 Å². The summed E-state index contributed by atoms with van der Waals surface area (Å²) in [4.78, 5) is 12.4. The van der Waals surface area contributed by atoms with Crippen molar-refractivity contribution in [2.45, 2.75) is 13.0 Å². The van der Waals surface area contributed by atoms with E-state index in [9.17, 15) is 13.2 Å². The SMILES string of the molecule is C[C@@H](c1cccc(NC(=O)c2ccccc2)c1)N(C)S(=O)(=O)N1CCOCC1. The molecule has 0 aromatic heterocycles. The first-order valence-electron chi connectivity index (χ1n) is 9.17. The highest BCUT2D eigenvalue weighted by Crippen LogP contribution is 2.26. The molecule has 1 heterocycles. The number of carbonyl (C=O) groups is 1. The maximum Gasteiger partial charge on any atom is 0.282 e. The zero-order valence-corrected chi connectivity index (χ0v) is 16.9. The lowest BCUT2D eigenvalue weighted by Crippen LogP contribution is -2.47. The standard InChI is InChI=1S/C20H25N3O4S/c1-16(22(2)28(25,26)23-11-13-27-14-12-23)18-9-6-10-19(15-18)21-20(24)17-7-4-3-5-8-17/h3-10,15-16H,11-14H2,1-2H3,(H,21,24)/t16-/m0/s1. The molecule has 0 aliphatic carbocycles. The van der Waals surface area contributed by atoms with Gasteiger partial charge >= 0.3 is 0 Å². The van der Waals surface area contributed by atoms with Crippen LogP contribution in [0.2, 0.25) is 0 Å². The molecule has 1 atom stereocenters. The van der Waals surface area contributed by atoms with Crippen molar-refractivity contribution in [3.63, 3.8) is 0 Å². The number of amides is 1. The summed E-state index contributed by atoms with van der Waals surface area (Å²) < 4.78 is 33.8. The van der Waals surface area contributed by atoms with Crippen molar-refractivity contribution in [1.82, 2.24) is 8.61 Å². The number of morpholine rings is 1. The molecule has 3 rings (SSSR count). The van der Waals surface area contributed by atoms with E-state index in [1.807, 2.05) is 25.1 Å². The van der Waals surface area contributed by atoms with Gasteiger partial charge in [0.1, 0.15) is 0 Å². The molecule has 1 saturated heterocycles. The molecule has 1 amide bonds. The number of hydrogen-bond donors (Lipinski definition) is 1. The van der Waals surface area contributed by atoms with Gasteiger partial charge < -0.3 is 10.1 Å². The Morgan fingerprint density at radius 2 is 1.79 bits per heavy atom. The molecule has 1 N–H and O–H groups in total. The van der Waals surface area contributed by atoms with E-state index in [0.717, 1.165) is 5.56 Å². The van der Waals surface area contributed by atoms with Gasteiger partial charge in [-0.15, -0.1) is 0 Å². The van der Waals surface area contributed by atoms with E-state index in [2.05, 4.69) is 5.32 Å². The normalized spacial score (nSPS) is 16.7. The van der Waals surface area contributed by atoms with Crippen molar-refractivity contribution in [2.75, 3.05) is 38.7 Å². The summed E-state index contributed by atoms with van der Waals surface area (Å²) in [5.41, 5.74) is 1.98. The van der Waals surface area contributed by atoms with E-state index in [0.29, 0.717) is 37.6 Å². The van der Waals surface area contributed by atoms with Crippen molar-refractivity contribution in [3.05, 3.63) is 65.7 Å². The number of hydrogen-bond acceptors (Lipinski definition) is 4. The molecule has 28 heavy (non-hydrogen) atoms. The fourth-order valence-electron chi connectivity index (χ4n) is 3.04. The second-order valence-electron chi connectivity index (χ2n) is 6.66. The molecule has 0 radical (unpaired) electrons. The van der Waals surface area contributed by atoms with Crippen LogP contribution in [-0.4, -0.2) is 56.3 Å². The molecule has 1 aliphatic heterocycles. The van der Waals surface area contributed by atoms with Gasteiger partial charge in [-0.25, -0.2) is 0 Å². The summed E-state index contributed by atoms with van der Waals surface area (Å²) in [7, 11) is -2.01. The molecule has 1 aliphatic rings. The average molecular weight is 404 g/mol. The van der Waals surface area contributed by atoms with Crippen molar-refractivity contribution in [3.8, 4) is 0 Å². The highest BCUT2D eigenvalue weighted by atomic mass is 32.2. The van der Waals surface area contributed by atoms with Crippen LogP contribution in [0, 0.1) is 0 Å². The number of ether oxygens (including phenoxy) is 1. The number of nitrogens with zero attached hydrogens (tertiary/aromatic N) is 2. The zero-order chi connectivity index (χ0) is 20.1. The van der Waals surface area contributed by atoms with Gasteiger partial charge in [0.2, 0.25) is 0 Å². The Morgan fingerprint density at radius 1 is 1.11 bits per heavy atom. The largest absolute Gasteiger partial charge is 0.379 e. The minimum Gasteiger partial charge on any atom is -0.379 e. The maximum absolute atomic E-state index is 12.9. The molecule has 2 aromatic carbocycles. The van der Waals surface area contributed by atoms with E-state index in [1.165, 1.54) is 8.61 Å². The number of nitrogens with one attached hydrogen (secondary N) is 1. The fourth-order valence-corrected chi connectivity index (χ4v) is 4.53. The quantitative estimate of drug-likeness (QED) is 0.804. The van der Waals surface area contributed by atoms with Crippen molar-refractivity contribution >= 4 is 21.8 Å². The second-order valence-corrected chi connectivity index (χ2v) is 8.65. The Morgan fingerprint density at radius 3 is 2.46 bits per heavy atom. The predicted molar refractivity (Wildman–Crippen MR) is 108 cm³/mol. The topological polar surface area (TPSA) is 79.0 Å². The van der Waals surface area contributed by atoms with Crippen LogP contribution >= 0.6 is 0 Å². The molecule has 0 bridgehead atoms. The van der Waals surface area contributed by atoms with Crippen LogP contribution in [0.3, 0.4) is 0 Å². The lowest BCUT2D eigenvalue weighted by molar-refractivity contribution is 0.0700. The van der Waals surface area contributed by atoms with E-state index >= 15 is 0 Å². The fraction of sp³-hybridized carbons (Fsp3) is 0.350. The molecule has 1 fully saturated rings. The van der Waals surface area contributed by atoms with E-state index in [1.54, 1.807) is 43.4 Å². The first-order chi connectivity index (χ1) is 13.4. The Labute approximate surface area is 166 Å². The predicted octanol–water partition coefficient (Wildman–Crippen LogP) is 2.51. The van der Waals surface area contributed by atoms with E-state index in [4.69, 9.17) is 4.74 Å². The minimum absolute atomic E-state index is 0.209. The minimum atomic E-state index is -3.59. The Kier molecular flexibility index (Phi) is 6.46. The highest BCUT2D eigenvalue weighted by molar-refractivity contribution is 7.86. The molecule has 2 aromatic rings.